The fraction of sp³-hybridized carbons (Fsp3) is 0.889. The number of esters is 1. The van der Waals surface area contributed by atoms with Crippen LogP contribution in [0.5, 0.6) is 0 Å². The van der Waals surface area contributed by atoms with Crippen LogP contribution in [0.1, 0.15) is 33.6 Å². The predicted molar refractivity (Wildman–Crippen MR) is 53.5 cm³/mol. The second kappa shape index (κ2) is 5.46. The molecule has 0 saturated carbocycles. The van der Waals surface area contributed by atoms with Crippen LogP contribution in [0.2, 0.25) is 0 Å². The molecule has 0 aliphatic carbocycles. The van der Waals surface area contributed by atoms with Crippen molar-refractivity contribution in [2.75, 3.05) is 12.9 Å². The highest BCUT2D eigenvalue weighted by Gasteiger charge is 2.26. The maximum atomic E-state index is 10.6. The summed E-state index contributed by atoms with van der Waals surface area (Å²) in [5.41, 5.74) is 0. The molecule has 2 nitrogen and oxygen atoms in total. The second-order valence-corrected chi connectivity index (χ2v) is 4.15. The molecular weight excluding hydrogens is 172 g/mol. The molecular formula is C9H18O2S. The SMILES string of the molecule is CCC(CC)(COC(C)=O)SC. The van der Waals surface area contributed by atoms with Gasteiger partial charge >= 0.3 is 5.97 Å². The van der Waals surface area contributed by atoms with E-state index in [4.69, 9.17) is 4.74 Å². The van der Waals surface area contributed by atoms with Gasteiger partial charge in [0.2, 0.25) is 0 Å². The molecule has 0 aromatic heterocycles. The lowest BCUT2D eigenvalue weighted by Gasteiger charge is -2.28. The van der Waals surface area contributed by atoms with Crippen molar-refractivity contribution in [1.29, 1.82) is 0 Å². The molecule has 0 saturated heterocycles. The van der Waals surface area contributed by atoms with Gasteiger partial charge in [0, 0.05) is 11.7 Å². The number of carbonyl (C=O) groups excluding carboxylic acids is 1. The Morgan fingerprint density at radius 2 is 1.92 bits per heavy atom. The van der Waals surface area contributed by atoms with Crippen LogP contribution in [-0.4, -0.2) is 23.6 Å². The van der Waals surface area contributed by atoms with E-state index in [1.165, 1.54) is 6.92 Å². The number of thioether (sulfide) groups is 1. The smallest absolute Gasteiger partial charge is 0.302 e. The first-order valence-corrected chi connectivity index (χ1v) is 5.51. The third-order valence-electron chi connectivity index (χ3n) is 2.26. The zero-order valence-corrected chi connectivity index (χ0v) is 9.16. The maximum absolute atomic E-state index is 10.6. The van der Waals surface area contributed by atoms with Gasteiger partial charge in [0.05, 0.1) is 0 Å². The first-order valence-electron chi connectivity index (χ1n) is 4.28. The standard InChI is InChI=1S/C9H18O2S/c1-5-9(6-2,12-4)7-11-8(3)10/h5-7H2,1-4H3. The summed E-state index contributed by atoms with van der Waals surface area (Å²) in [6.45, 7) is 6.25. The Morgan fingerprint density at radius 3 is 2.17 bits per heavy atom. The minimum Gasteiger partial charge on any atom is -0.464 e. The van der Waals surface area contributed by atoms with E-state index in [1.807, 2.05) is 0 Å². The molecule has 12 heavy (non-hydrogen) atoms. The van der Waals surface area contributed by atoms with Gasteiger partial charge in [-0.05, 0) is 19.1 Å². The number of hydrogen-bond acceptors (Lipinski definition) is 3. The Bertz CT molecular complexity index is 133. The monoisotopic (exact) mass is 190 g/mol. The van der Waals surface area contributed by atoms with Gasteiger partial charge in [-0.1, -0.05) is 13.8 Å². The summed E-state index contributed by atoms with van der Waals surface area (Å²) in [7, 11) is 0. The van der Waals surface area contributed by atoms with Gasteiger partial charge in [0.25, 0.3) is 0 Å². The van der Waals surface area contributed by atoms with Crippen molar-refractivity contribution in [1.82, 2.24) is 0 Å². The van der Waals surface area contributed by atoms with E-state index in [2.05, 4.69) is 20.1 Å². The van der Waals surface area contributed by atoms with Crippen LogP contribution in [0.4, 0.5) is 0 Å². The van der Waals surface area contributed by atoms with Crippen molar-refractivity contribution in [3.8, 4) is 0 Å². The van der Waals surface area contributed by atoms with Gasteiger partial charge in [0.15, 0.2) is 0 Å². The Hall–Kier alpha value is -0.180. The summed E-state index contributed by atoms with van der Waals surface area (Å²) >= 11 is 1.78. The molecule has 0 atom stereocenters. The van der Waals surface area contributed by atoms with Crippen LogP contribution >= 0.6 is 11.8 Å². The highest BCUT2D eigenvalue weighted by Crippen LogP contribution is 2.30. The van der Waals surface area contributed by atoms with Crippen molar-refractivity contribution in [2.45, 2.75) is 38.4 Å². The Kier molecular flexibility index (Phi) is 5.38. The summed E-state index contributed by atoms with van der Waals surface area (Å²) < 4.78 is 5.15. The first-order chi connectivity index (χ1) is 5.60. The fourth-order valence-corrected chi connectivity index (χ4v) is 1.79. The Morgan fingerprint density at radius 1 is 1.42 bits per heavy atom. The molecule has 0 unspecified atom stereocenters. The second-order valence-electron chi connectivity index (χ2n) is 2.87. The van der Waals surface area contributed by atoms with Gasteiger partial charge in [-0.2, -0.15) is 11.8 Å². The molecule has 0 aromatic rings. The highest BCUT2D eigenvalue weighted by atomic mass is 32.2. The normalized spacial score (nSPS) is 11.3. The summed E-state index contributed by atoms with van der Waals surface area (Å²) in [6.07, 6.45) is 4.15. The average Bonchev–Trinajstić information content (AvgIpc) is 2.08. The number of hydrogen-bond donors (Lipinski definition) is 0. The van der Waals surface area contributed by atoms with E-state index in [0.717, 1.165) is 12.8 Å². The summed E-state index contributed by atoms with van der Waals surface area (Å²) in [6, 6.07) is 0. The van der Waals surface area contributed by atoms with Crippen molar-refractivity contribution in [3.05, 3.63) is 0 Å². The van der Waals surface area contributed by atoms with Crippen molar-refractivity contribution < 1.29 is 9.53 Å². The zero-order valence-electron chi connectivity index (χ0n) is 8.35. The molecule has 0 heterocycles. The Labute approximate surface area is 79.1 Å². The van der Waals surface area contributed by atoms with E-state index in [1.54, 1.807) is 11.8 Å². The zero-order chi connectivity index (χ0) is 9.61. The van der Waals surface area contributed by atoms with E-state index in [9.17, 15) is 4.79 Å². The summed E-state index contributed by atoms with van der Waals surface area (Å²) in [5, 5.41) is 0. The lowest BCUT2D eigenvalue weighted by atomic mass is 10.0. The highest BCUT2D eigenvalue weighted by molar-refractivity contribution is 8.00. The number of carbonyl (C=O) groups is 1. The van der Waals surface area contributed by atoms with Crippen LogP contribution in [0.15, 0.2) is 0 Å². The third kappa shape index (κ3) is 3.48. The molecule has 0 aliphatic rings. The molecule has 0 rings (SSSR count). The topological polar surface area (TPSA) is 26.3 Å². The summed E-state index contributed by atoms with van der Waals surface area (Å²) in [5.74, 6) is -0.185. The van der Waals surface area contributed by atoms with E-state index < -0.39 is 0 Å². The van der Waals surface area contributed by atoms with Gasteiger partial charge in [-0.3, -0.25) is 4.79 Å². The van der Waals surface area contributed by atoms with E-state index >= 15 is 0 Å². The largest absolute Gasteiger partial charge is 0.464 e. The van der Waals surface area contributed by atoms with Crippen molar-refractivity contribution in [3.63, 3.8) is 0 Å². The summed E-state index contributed by atoms with van der Waals surface area (Å²) in [4.78, 5) is 10.6. The molecule has 0 radical (unpaired) electrons. The van der Waals surface area contributed by atoms with E-state index in [-0.39, 0.29) is 10.7 Å². The fourth-order valence-electron chi connectivity index (χ4n) is 1.03. The molecule has 0 aromatic carbocycles. The molecule has 0 amide bonds. The van der Waals surface area contributed by atoms with Crippen LogP contribution in [0, 0.1) is 0 Å². The molecule has 0 bridgehead atoms. The molecule has 3 heteroatoms. The minimum atomic E-state index is -0.185. The van der Waals surface area contributed by atoms with Gasteiger partial charge < -0.3 is 4.74 Å². The van der Waals surface area contributed by atoms with Crippen molar-refractivity contribution in [2.24, 2.45) is 0 Å². The lowest BCUT2D eigenvalue weighted by molar-refractivity contribution is -0.141. The van der Waals surface area contributed by atoms with Crippen LogP contribution in [-0.2, 0) is 9.53 Å². The van der Waals surface area contributed by atoms with Crippen LogP contribution < -0.4 is 0 Å². The molecule has 72 valence electrons. The molecule has 0 aliphatic heterocycles. The van der Waals surface area contributed by atoms with Gasteiger partial charge in [-0.15, -0.1) is 0 Å². The quantitative estimate of drug-likeness (QED) is 0.623. The average molecular weight is 190 g/mol. The Balaban J connectivity index is 4.01. The van der Waals surface area contributed by atoms with Crippen LogP contribution in [0.25, 0.3) is 0 Å². The third-order valence-corrected chi connectivity index (χ3v) is 3.82. The molecule has 0 fully saturated rings. The van der Waals surface area contributed by atoms with Gasteiger partial charge in [0.1, 0.15) is 6.61 Å². The predicted octanol–water partition coefficient (Wildman–Crippen LogP) is 2.47. The van der Waals surface area contributed by atoms with Crippen molar-refractivity contribution >= 4 is 17.7 Å². The van der Waals surface area contributed by atoms with Gasteiger partial charge in [-0.25, -0.2) is 0 Å². The first kappa shape index (κ1) is 11.8. The van der Waals surface area contributed by atoms with E-state index in [0.29, 0.717) is 6.61 Å². The lowest BCUT2D eigenvalue weighted by Crippen LogP contribution is -2.30. The molecule has 0 spiro atoms. The minimum absolute atomic E-state index is 0.131. The molecule has 0 N–H and O–H groups in total. The number of ether oxygens (including phenoxy) is 1. The maximum Gasteiger partial charge on any atom is 0.302 e. The number of rotatable bonds is 5. The van der Waals surface area contributed by atoms with Crippen LogP contribution in [0.3, 0.4) is 0 Å².